The molecule has 2 unspecified atom stereocenters. The number of ether oxygens (including phenoxy) is 1. The van der Waals surface area contributed by atoms with Crippen LogP contribution in [0.1, 0.15) is 55.9 Å². The molecule has 2 aromatic rings. The van der Waals surface area contributed by atoms with Crippen LogP contribution in [0.5, 0.6) is 5.75 Å². The van der Waals surface area contributed by atoms with Crippen LogP contribution in [0.2, 0.25) is 5.02 Å². The fraction of sp³-hybridized carbons (Fsp3) is 0.296. The van der Waals surface area contributed by atoms with Crippen LogP contribution in [0.4, 0.5) is 13.2 Å². The molecule has 3 rings (SSSR count). The van der Waals surface area contributed by atoms with Gasteiger partial charge in [-0.15, -0.1) is 0 Å². The third-order valence-corrected chi connectivity index (χ3v) is 6.39. The Labute approximate surface area is 202 Å². The van der Waals surface area contributed by atoms with E-state index in [1.54, 1.807) is 12.1 Å². The highest BCUT2D eigenvalue weighted by Crippen LogP contribution is 2.42. The van der Waals surface area contributed by atoms with Crippen LogP contribution >= 0.6 is 11.6 Å². The van der Waals surface area contributed by atoms with Crippen LogP contribution in [0.3, 0.4) is 0 Å². The second kappa shape index (κ2) is 10.1. The lowest BCUT2D eigenvalue weighted by atomic mass is 9.76. The number of carboxylic acids is 1. The quantitative estimate of drug-likeness (QED) is 0.397. The van der Waals surface area contributed by atoms with Crippen molar-refractivity contribution >= 4 is 23.1 Å². The van der Waals surface area contributed by atoms with Crippen molar-refractivity contribution in [3.63, 3.8) is 0 Å². The van der Waals surface area contributed by atoms with Gasteiger partial charge in [0.25, 0.3) is 0 Å². The highest BCUT2D eigenvalue weighted by atomic mass is 35.5. The minimum Gasteiger partial charge on any atom is -0.478 e. The standard InChI is InChI=1S/C27H26ClF3O3/c1-4-17(2)26(3)13-6-8-18(12-14-26)22-16-21(28)10-11-23(22)34-24(25(32)33)19-7-5-9-20(15-19)27(29,30)31/h5-12,15-16,24H,2,4,13-14H2,1,3H3,(H,32,33). The summed E-state index contributed by atoms with van der Waals surface area (Å²) < 4.78 is 45.3. The molecule has 34 heavy (non-hydrogen) atoms. The molecule has 0 radical (unpaired) electrons. The summed E-state index contributed by atoms with van der Waals surface area (Å²) in [5.74, 6) is -1.19. The molecule has 0 amide bonds. The normalized spacial score (nSPS) is 19.2. The highest BCUT2D eigenvalue weighted by Gasteiger charge is 2.33. The lowest BCUT2D eigenvalue weighted by Gasteiger charge is -2.28. The number of aliphatic carboxylic acids is 1. The average Bonchev–Trinajstić information content (AvgIpc) is 2.99. The molecular weight excluding hydrogens is 465 g/mol. The van der Waals surface area contributed by atoms with Crippen LogP contribution in [0.25, 0.3) is 5.57 Å². The number of benzene rings is 2. The molecule has 1 N–H and O–H groups in total. The van der Waals surface area contributed by atoms with E-state index < -0.39 is 23.8 Å². The third-order valence-electron chi connectivity index (χ3n) is 6.16. The Bertz CT molecular complexity index is 1150. The zero-order valence-electron chi connectivity index (χ0n) is 19.0. The van der Waals surface area contributed by atoms with Crippen LogP contribution in [-0.2, 0) is 11.0 Å². The van der Waals surface area contributed by atoms with Crippen molar-refractivity contribution in [3.8, 4) is 5.75 Å². The Balaban J connectivity index is 2.00. The molecule has 180 valence electrons. The van der Waals surface area contributed by atoms with Gasteiger partial charge in [-0.05, 0) is 60.6 Å². The van der Waals surface area contributed by atoms with E-state index in [0.29, 0.717) is 17.0 Å². The molecule has 2 atom stereocenters. The maximum atomic E-state index is 13.2. The SMILES string of the molecule is C=C(CC)C1(C)CC=CC(c2cc(Cl)ccc2OC(C(=O)O)c2cccc(C(F)(F)F)c2)=CC1. The average molecular weight is 491 g/mol. The van der Waals surface area contributed by atoms with E-state index in [2.05, 4.69) is 20.4 Å². The van der Waals surface area contributed by atoms with E-state index in [4.69, 9.17) is 16.3 Å². The van der Waals surface area contributed by atoms with Crippen LogP contribution in [0, 0.1) is 5.41 Å². The highest BCUT2D eigenvalue weighted by molar-refractivity contribution is 6.30. The first kappa shape index (κ1) is 25.6. The molecule has 1 aliphatic rings. The summed E-state index contributed by atoms with van der Waals surface area (Å²) in [7, 11) is 0. The van der Waals surface area contributed by atoms with E-state index in [0.717, 1.165) is 42.2 Å². The van der Waals surface area contributed by atoms with Gasteiger partial charge < -0.3 is 9.84 Å². The van der Waals surface area contributed by atoms with E-state index in [9.17, 15) is 23.1 Å². The fourth-order valence-electron chi connectivity index (χ4n) is 3.94. The van der Waals surface area contributed by atoms with Gasteiger partial charge in [-0.1, -0.05) is 68.0 Å². The molecule has 1 aliphatic carbocycles. The van der Waals surface area contributed by atoms with Gasteiger partial charge in [-0.2, -0.15) is 13.2 Å². The van der Waals surface area contributed by atoms with Gasteiger partial charge in [0.1, 0.15) is 5.75 Å². The molecule has 7 heteroatoms. The van der Waals surface area contributed by atoms with Gasteiger partial charge in [0.15, 0.2) is 0 Å². The van der Waals surface area contributed by atoms with E-state index in [1.165, 1.54) is 12.1 Å². The lowest BCUT2D eigenvalue weighted by molar-refractivity contribution is -0.146. The van der Waals surface area contributed by atoms with E-state index in [1.807, 2.05) is 18.2 Å². The number of hydrogen-bond donors (Lipinski definition) is 1. The number of alkyl halides is 3. The summed E-state index contributed by atoms with van der Waals surface area (Å²) in [6, 6.07) is 8.89. The summed E-state index contributed by atoms with van der Waals surface area (Å²) in [4.78, 5) is 12.0. The third kappa shape index (κ3) is 5.73. The maximum absolute atomic E-state index is 13.2. The lowest BCUT2D eigenvalue weighted by Crippen LogP contribution is -2.19. The van der Waals surface area contributed by atoms with Crippen molar-refractivity contribution in [1.82, 2.24) is 0 Å². The molecule has 0 aliphatic heterocycles. The molecular formula is C27H26ClF3O3. The minimum atomic E-state index is -4.60. The number of hydrogen-bond acceptors (Lipinski definition) is 2. The largest absolute Gasteiger partial charge is 0.478 e. The van der Waals surface area contributed by atoms with E-state index in [-0.39, 0.29) is 16.7 Å². The van der Waals surface area contributed by atoms with Gasteiger partial charge in [-0.3, -0.25) is 0 Å². The van der Waals surface area contributed by atoms with Gasteiger partial charge >= 0.3 is 12.1 Å². The predicted octanol–water partition coefficient (Wildman–Crippen LogP) is 8.27. The number of rotatable bonds is 7. The summed E-state index contributed by atoms with van der Waals surface area (Å²) in [5, 5.41) is 10.2. The molecule has 0 saturated heterocycles. The van der Waals surface area contributed by atoms with Crippen molar-refractivity contribution < 1.29 is 27.8 Å². The molecule has 0 aromatic heterocycles. The Hall–Kier alpha value is -2.99. The minimum absolute atomic E-state index is 0.111. The number of carbonyl (C=O) groups is 1. The summed E-state index contributed by atoms with van der Waals surface area (Å²) >= 11 is 6.23. The number of carboxylic acid groups (broad SMARTS) is 1. The Morgan fingerprint density at radius 2 is 1.97 bits per heavy atom. The first-order chi connectivity index (χ1) is 15.9. The van der Waals surface area contributed by atoms with Crippen molar-refractivity contribution in [2.24, 2.45) is 5.41 Å². The monoisotopic (exact) mass is 490 g/mol. The van der Waals surface area contributed by atoms with Crippen molar-refractivity contribution in [2.45, 2.75) is 45.4 Å². The van der Waals surface area contributed by atoms with Gasteiger partial charge in [-0.25, -0.2) is 4.79 Å². The van der Waals surface area contributed by atoms with Crippen molar-refractivity contribution in [2.75, 3.05) is 0 Å². The molecule has 0 saturated carbocycles. The summed E-state index contributed by atoms with van der Waals surface area (Å²) in [6.07, 6.45) is 2.11. The Kier molecular flexibility index (Phi) is 7.61. The summed E-state index contributed by atoms with van der Waals surface area (Å²) in [6.45, 7) is 8.41. The van der Waals surface area contributed by atoms with Gasteiger partial charge in [0.2, 0.25) is 6.10 Å². The molecule has 2 aromatic carbocycles. The second-order valence-corrected chi connectivity index (χ2v) is 9.02. The van der Waals surface area contributed by atoms with Crippen LogP contribution in [-0.4, -0.2) is 11.1 Å². The maximum Gasteiger partial charge on any atom is 0.416 e. The molecule has 0 spiro atoms. The van der Waals surface area contributed by atoms with Crippen molar-refractivity contribution in [1.29, 1.82) is 0 Å². The van der Waals surface area contributed by atoms with Gasteiger partial charge in [0.05, 0.1) is 5.56 Å². The smallest absolute Gasteiger partial charge is 0.416 e. The van der Waals surface area contributed by atoms with Gasteiger partial charge in [0, 0.05) is 16.1 Å². The molecule has 3 nitrogen and oxygen atoms in total. The van der Waals surface area contributed by atoms with Crippen LogP contribution in [0.15, 0.2) is 72.8 Å². The zero-order chi connectivity index (χ0) is 25.1. The number of halogens is 4. The van der Waals surface area contributed by atoms with E-state index >= 15 is 0 Å². The van der Waals surface area contributed by atoms with Crippen LogP contribution < -0.4 is 4.74 Å². The Morgan fingerprint density at radius 1 is 1.24 bits per heavy atom. The fourth-order valence-corrected chi connectivity index (χ4v) is 4.12. The zero-order valence-corrected chi connectivity index (χ0v) is 19.7. The predicted molar refractivity (Wildman–Crippen MR) is 128 cm³/mol. The number of allylic oxidation sites excluding steroid dienone is 5. The first-order valence-corrected chi connectivity index (χ1v) is 11.2. The second-order valence-electron chi connectivity index (χ2n) is 8.59. The molecule has 0 bridgehead atoms. The first-order valence-electron chi connectivity index (χ1n) is 10.9. The topological polar surface area (TPSA) is 46.5 Å². The molecule has 0 heterocycles. The van der Waals surface area contributed by atoms with Crippen molar-refractivity contribution in [3.05, 3.63) is 94.6 Å². The molecule has 0 fully saturated rings. The Morgan fingerprint density at radius 3 is 2.62 bits per heavy atom. The summed E-state index contributed by atoms with van der Waals surface area (Å²) in [5.41, 5.74) is 1.31.